The van der Waals surface area contributed by atoms with Crippen molar-refractivity contribution in [1.29, 1.82) is 0 Å². The zero-order chi connectivity index (χ0) is 15.3. The van der Waals surface area contributed by atoms with Gasteiger partial charge in [0.15, 0.2) is 0 Å². The number of hydrogen-bond acceptors (Lipinski definition) is 2. The average Bonchev–Trinajstić information content (AvgIpc) is 2.45. The zero-order valence-electron chi connectivity index (χ0n) is 12.6. The molecule has 0 heterocycles. The standard InChI is InChI=1S/C18H20O2Si/c1-21(2,3)13-12-18(19)15-8-7-11-17(14-15)20-16-9-5-4-6-10-16/h4-11,14,18-19H,1-3H3. The summed E-state index contributed by atoms with van der Waals surface area (Å²) in [6.07, 6.45) is -0.768. The van der Waals surface area contributed by atoms with E-state index < -0.39 is 14.2 Å². The maximum Gasteiger partial charge on any atom is 0.139 e. The molecule has 0 aliphatic heterocycles. The Morgan fingerprint density at radius 2 is 1.62 bits per heavy atom. The van der Waals surface area contributed by atoms with Crippen LogP contribution in [0.3, 0.4) is 0 Å². The van der Waals surface area contributed by atoms with E-state index in [1.807, 2.05) is 54.6 Å². The average molecular weight is 296 g/mol. The van der Waals surface area contributed by atoms with Gasteiger partial charge in [-0.15, -0.1) is 5.54 Å². The first kappa shape index (κ1) is 15.4. The Bertz CT molecular complexity index is 648. The molecule has 1 unspecified atom stereocenters. The van der Waals surface area contributed by atoms with Crippen LogP contribution in [-0.2, 0) is 0 Å². The fraction of sp³-hybridized carbons (Fsp3) is 0.222. The third-order valence-electron chi connectivity index (χ3n) is 2.74. The van der Waals surface area contributed by atoms with E-state index >= 15 is 0 Å². The van der Waals surface area contributed by atoms with Gasteiger partial charge in [0.25, 0.3) is 0 Å². The minimum Gasteiger partial charge on any atom is -0.457 e. The lowest BCUT2D eigenvalue weighted by molar-refractivity contribution is 0.238. The van der Waals surface area contributed by atoms with E-state index in [9.17, 15) is 5.11 Å². The lowest BCUT2D eigenvalue weighted by atomic mass is 10.1. The van der Waals surface area contributed by atoms with Gasteiger partial charge in [-0.3, -0.25) is 0 Å². The smallest absolute Gasteiger partial charge is 0.139 e. The predicted octanol–water partition coefficient (Wildman–Crippen LogP) is 4.39. The topological polar surface area (TPSA) is 29.5 Å². The number of hydrogen-bond donors (Lipinski definition) is 1. The lowest BCUT2D eigenvalue weighted by Crippen LogP contribution is -2.16. The molecule has 2 rings (SSSR count). The Hall–Kier alpha value is -2.02. The van der Waals surface area contributed by atoms with Crippen molar-refractivity contribution in [3.05, 3.63) is 60.2 Å². The molecule has 1 N–H and O–H groups in total. The van der Waals surface area contributed by atoms with Gasteiger partial charge in [0, 0.05) is 0 Å². The van der Waals surface area contributed by atoms with Crippen LogP contribution in [0.5, 0.6) is 11.5 Å². The normalized spacial score (nSPS) is 12.2. The Balaban J connectivity index is 2.15. The molecule has 0 saturated carbocycles. The SMILES string of the molecule is C[Si](C)(C)C#CC(O)c1cccc(Oc2ccccc2)c1. The highest BCUT2D eigenvalue weighted by molar-refractivity contribution is 6.83. The number of para-hydroxylation sites is 1. The molecular formula is C18H20O2Si. The van der Waals surface area contributed by atoms with E-state index in [1.165, 1.54) is 0 Å². The third-order valence-corrected chi connectivity index (χ3v) is 3.63. The van der Waals surface area contributed by atoms with Crippen LogP contribution in [0, 0.1) is 11.5 Å². The lowest BCUT2D eigenvalue weighted by Gasteiger charge is -2.10. The molecule has 0 amide bonds. The van der Waals surface area contributed by atoms with E-state index in [1.54, 1.807) is 0 Å². The van der Waals surface area contributed by atoms with Crippen molar-refractivity contribution < 1.29 is 9.84 Å². The number of ether oxygens (including phenoxy) is 1. The van der Waals surface area contributed by atoms with Crippen molar-refractivity contribution in [2.24, 2.45) is 0 Å². The Kier molecular flexibility index (Phi) is 4.84. The van der Waals surface area contributed by atoms with Gasteiger partial charge in [-0.2, -0.15) is 0 Å². The second-order valence-corrected chi connectivity index (χ2v) is 10.7. The van der Waals surface area contributed by atoms with Gasteiger partial charge in [0.1, 0.15) is 25.7 Å². The van der Waals surface area contributed by atoms with Crippen molar-refractivity contribution in [2.75, 3.05) is 0 Å². The van der Waals surface area contributed by atoms with E-state index in [4.69, 9.17) is 4.74 Å². The van der Waals surface area contributed by atoms with Crippen molar-refractivity contribution in [3.63, 3.8) is 0 Å². The molecule has 21 heavy (non-hydrogen) atoms. The van der Waals surface area contributed by atoms with Gasteiger partial charge < -0.3 is 9.84 Å². The Labute approximate surface area is 127 Å². The summed E-state index contributed by atoms with van der Waals surface area (Å²) in [5, 5.41) is 10.2. The first-order valence-electron chi connectivity index (χ1n) is 6.98. The molecule has 3 heteroatoms. The summed E-state index contributed by atoms with van der Waals surface area (Å²) >= 11 is 0. The van der Waals surface area contributed by atoms with Gasteiger partial charge in [-0.25, -0.2) is 0 Å². The highest BCUT2D eigenvalue weighted by atomic mass is 28.3. The maximum absolute atomic E-state index is 10.2. The molecule has 0 aliphatic carbocycles. The molecule has 108 valence electrons. The zero-order valence-corrected chi connectivity index (χ0v) is 13.6. The first-order valence-corrected chi connectivity index (χ1v) is 10.5. The quantitative estimate of drug-likeness (QED) is 0.672. The molecule has 0 spiro atoms. The molecule has 1 atom stereocenters. The summed E-state index contributed by atoms with van der Waals surface area (Å²) in [6.45, 7) is 6.46. The largest absolute Gasteiger partial charge is 0.457 e. The number of aliphatic hydroxyl groups excluding tert-OH is 1. The summed E-state index contributed by atoms with van der Waals surface area (Å²) in [5.74, 6) is 4.42. The minimum atomic E-state index is -1.48. The first-order chi connectivity index (χ1) is 9.94. The molecule has 2 aromatic carbocycles. The molecule has 0 radical (unpaired) electrons. The summed E-state index contributed by atoms with van der Waals surface area (Å²) in [5.41, 5.74) is 3.95. The number of aliphatic hydroxyl groups is 1. The molecule has 0 bridgehead atoms. The fourth-order valence-electron chi connectivity index (χ4n) is 1.74. The van der Waals surface area contributed by atoms with Gasteiger partial charge in [0.05, 0.1) is 0 Å². The van der Waals surface area contributed by atoms with Crippen molar-refractivity contribution in [1.82, 2.24) is 0 Å². The summed E-state index contributed by atoms with van der Waals surface area (Å²) < 4.78 is 5.76. The monoisotopic (exact) mass is 296 g/mol. The van der Waals surface area contributed by atoms with Gasteiger partial charge >= 0.3 is 0 Å². The fourth-order valence-corrected chi connectivity index (χ4v) is 2.31. The van der Waals surface area contributed by atoms with Crippen LogP contribution >= 0.6 is 0 Å². The molecule has 2 nitrogen and oxygen atoms in total. The number of benzene rings is 2. The van der Waals surface area contributed by atoms with E-state index in [0.717, 1.165) is 11.3 Å². The van der Waals surface area contributed by atoms with E-state index in [-0.39, 0.29) is 0 Å². The summed E-state index contributed by atoms with van der Waals surface area (Å²) in [7, 11) is -1.48. The second kappa shape index (κ2) is 6.62. The van der Waals surface area contributed by atoms with Crippen LogP contribution < -0.4 is 4.74 Å². The van der Waals surface area contributed by atoms with Crippen molar-refractivity contribution in [3.8, 4) is 23.0 Å². The summed E-state index contributed by atoms with van der Waals surface area (Å²) in [6, 6.07) is 17.0. The van der Waals surface area contributed by atoms with E-state index in [2.05, 4.69) is 31.1 Å². The molecule has 0 fully saturated rings. The van der Waals surface area contributed by atoms with Gasteiger partial charge in [-0.05, 0) is 29.8 Å². The van der Waals surface area contributed by atoms with Crippen molar-refractivity contribution in [2.45, 2.75) is 25.7 Å². The highest BCUT2D eigenvalue weighted by Crippen LogP contribution is 2.24. The van der Waals surface area contributed by atoms with Crippen molar-refractivity contribution >= 4 is 8.07 Å². The van der Waals surface area contributed by atoms with Crippen LogP contribution in [-0.4, -0.2) is 13.2 Å². The van der Waals surface area contributed by atoms with Gasteiger partial charge in [-0.1, -0.05) is 55.9 Å². The van der Waals surface area contributed by atoms with Crippen LogP contribution in [0.1, 0.15) is 11.7 Å². The molecule has 0 aromatic heterocycles. The Morgan fingerprint density at radius 3 is 2.29 bits per heavy atom. The van der Waals surface area contributed by atoms with Crippen LogP contribution in [0.2, 0.25) is 19.6 Å². The molecule has 2 aromatic rings. The van der Waals surface area contributed by atoms with Crippen LogP contribution in [0.15, 0.2) is 54.6 Å². The third kappa shape index (κ3) is 5.11. The predicted molar refractivity (Wildman–Crippen MR) is 89.0 cm³/mol. The highest BCUT2D eigenvalue weighted by Gasteiger charge is 2.10. The molecule has 0 aliphatic rings. The maximum atomic E-state index is 10.2. The molecule has 0 saturated heterocycles. The minimum absolute atomic E-state index is 0.701. The summed E-state index contributed by atoms with van der Waals surface area (Å²) in [4.78, 5) is 0. The van der Waals surface area contributed by atoms with E-state index in [0.29, 0.717) is 5.75 Å². The van der Waals surface area contributed by atoms with Crippen LogP contribution in [0.25, 0.3) is 0 Å². The Morgan fingerprint density at radius 1 is 0.952 bits per heavy atom. The number of rotatable bonds is 3. The second-order valence-electron chi connectivity index (χ2n) is 5.91. The van der Waals surface area contributed by atoms with Gasteiger partial charge in [0.2, 0.25) is 0 Å². The molecular weight excluding hydrogens is 276 g/mol. The van der Waals surface area contributed by atoms with Crippen LogP contribution in [0.4, 0.5) is 0 Å².